The predicted octanol–water partition coefficient (Wildman–Crippen LogP) is 10.7. The van der Waals surface area contributed by atoms with Crippen LogP contribution in [0.2, 0.25) is 0 Å². The summed E-state index contributed by atoms with van der Waals surface area (Å²) in [7, 11) is 5.07. The number of fused-ring (bicyclic) bond motifs is 15. The van der Waals surface area contributed by atoms with E-state index < -0.39 is 6.10 Å². The number of ketones is 1. The van der Waals surface area contributed by atoms with Crippen molar-refractivity contribution in [2.24, 2.45) is 115 Å². The highest BCUT2D eigenvalue weighted by atomic mass is 16.5. The number of nitrogens with zero attached hydrogens (tertiary/aromatic N) is 2. The molecule has 12 nitrogen and oxygen atoms in total. The Hall–Kier alpha value is -1.71. The smallest absolute Gasteiger partial charge is 0.139 e. The SMILES string of the molecule is C.C.C.CO[C@H]1C[C@@]2(C)[C@@H](CC[C@@H]3[C@@H]2[C@@H](O)C[C@]2(C)C(=O)CC[C@@H]32)C[C@@H]1O.CO[C@H]1C[C@@]2(C)[C@@H](CC[C@@H]3[C@@H]2[C@@H](O)C[C@]2(C)[C@@H](C#N)CC[C@@H]32)C[C@@H]1O.CO[C@H]1C[C@@]2(C)[C@@H](CC[C@@H]3[C@@H]2[C@@H](O)C[C@]2(C)[C@H](C#N)CC[C@@H]32)C[C@@H]1O. The zero-order valence-corrected chi connectivity index (χ0v) is 46.8. The first kappa shape index (κ1) is 62.9. The van der Waals surface area contributed by atoms with Crippen molar-refractivity contribution in [1.82, 2.24) is 0 Å². The molecule has 12 heteroatoms. The van der Waals surface area contributed by atoms with E-state index in [9.17, 15) is 46.0 Å². The van der Waals surface area contributed by atoms with Gasteiger partial charge in [-0.05, 0) is 227 Å². The number of aliphatic hydroxyl groups excluding tert-OH is 6. The second-order valence-electron chi connectivity index (χ2n) is 29.3. The molecular weight excluding hydrogens is 969 g/mol. The summed E-state index contributed by atoms with van der Waals surface area (Å²) in [6.07, 6.45) is 17.2. The lowest BCUT2D eigenvalue weighted by Gasteiger charge is -2.62. The van der Waals surface area contributed by atoms with Crippen LogP contribution in [0.4, 0.5) is 0 Å². The monoisotopic (exact) mass is 1080 g/mol. The summed E-state index contributed by atoms with van der Waals surface area (Å²) in [5, 5.41) is 84.0. The fourth-order valence-electron chi connectivity index (χ4n) is 23.1. The second-order valence-corrected chi connectivity index (χ2v) is 29.3. The van der Waals surface area contributed by atoms with Crippen LogP contribution in [0.15, 0.2) is 0 Å². The number of hydrogen-bond acceptors (Lipinski definition) is 12. The molecule has 440 valence electrons. The van der Waals surface area contributed by atoms with Gasteiger partial charge in [0.05, 0.1) is 78.9 Å². The number of carbonyl (C=O) groups is 1. The molecule has 0 aliphatic heterocycles. The highest BCUT2D eigenvalue weighted by molar-refractivity contribution is 5.87. The molecule has 0 unspecified atom stereocenters. The zero-order chi connectivity index (χ0) is 53.2. The Bertz CT molecular complexity index is 2050. The van der Waals surface area contributed by atoms with Gasteiger partial charge in [0.2, 0.25) is 0 Å². The fourth-order valence-corrected chi connectivity index (χ4v) is 23.1. The van der Waals surface area contributed by atoms with E-state index in [0.29, 0.717) is 71.9 Å². The summed E-state index contributed by atoms with van der Waals surface area (Å²) < 4.78 is 16.8. The van der Waals surface area contributed by atoms with Crippen molar-refractivity contribution in [2.75, 3.05) is 21.3 Å². The molecule has 12 aliphatic rings. The average Bonchev–Trinajstić information content (AvgIpc) is 4.15. The van der Waals surface area contributed by atoms with E-state index in [4.69, 9.17) is 14.2 Å². The normalized spacial score (nSPS) is 55.4. The molecule has 77 heavy (non-hydrogen) atoms. The minimum absolute atomic E-state index is 0. The first-order chi connectivity index (χ1) is 35.0. The molecular formula is C65H110N2O10. The number of aliphatic hydroxyl groups is 6. The number of ether oxygens (including phenoxy) is 3. The van der Waals surface area contributed by atoms with Crippen molar-refractivity contribution >= 4 is 5.78 Å². The van der Waals surface area contributed by atoms with Crippen molar-refractivity contribution in [3.63, 3.8) is 0 Å². The summed E-state index contributed by atoms with van der Waals surface area (Å²) in [5.41, 5.74) is -0.267. The van der Waals surface area contributed by atoms with Crippen LogP contribution < -0.4 is 0 Å². The standard InChI is InChI=1S/2C21H33NO3.C20H32O4.3CH4/c2*1-20-9-17(24)19-14(15(20)7-5-13(20)11-22)6-4-12-8-16(23)18(25-3)10-21(12,19)2;1-19-10-16(24-3)14(21)8-11(19)4-5-12-13-6-7-17(23)20(13,2)9-15(22)18(12)19;;;/h2*12-19,23-24H,4-10H2,1-3H3;11-16,18,21-22H,4-10H2,1-3H3;3*1H4/t12-,13+,14-,15-,16-,17-,18-,19+,20+,21-;12-,13-,14-,15-,16-,17-,18-,19+,20+,21-;11-,12-,13-,14-,15-,16-,18+,19-,20-;;;/m000.../s1. The summed E-state index contributed by atoms with van der Waals surface area (Å²) in [6, 6.07) is 5.09. The molecule has 0 saturated heterocycles. The minimum atomic E-state index is -0.404. The molecule has 12 fully saturated rings. The summed E-state index contributed by atoms with van der Waals surface area (Å²) in [6.45, 7) is 13.6. The maximum absolute atomic E-state index is 12.5. The molecule has 12 saturated carbocycles. The maximum Gasteiger partial charge on any atom is 0.139 e. The number of Topliss-reactive ketones (excluding diaryl/α,β-unsaturated/α-hetero) is 1. The van der Waals surface area contributed by atoms with Gasteiger partial charge in [-0.15, -0.1) is 0 Å². The minimum Gasteiger partial charge on any atom is -0.393 e. The summed E-state index contributed by atoms with van der Waals surface area (Å²) in [5.74, 6) is 5.81. The summed E-state index contributed by atoms with van der Waals surface area (Å²) in [4.78, 5) is 12.5. The molecule has 0 amide bonds. The summed E-state index contributed by atoms with van der Waals surface area (Å²) >= 11 is 0. The first-order valence-electron chi connectivity index (χ1n) is 30.0. The molecule has 12 aliphatic carbocycles. The van der Waals surface area contributed by atoms with Crippen LogP contribution in [0.3, 0.4) is 0 Å². The Kier molecular flexibility index (Phi) is 18.6. The molecule has 29 atom stereocenters. The Morgan fingerprint density at radius 3 is 1.06 bits per heavy atom. The number of hydrogen-bond donors (Lipinski definition) is 6. The van der Waals surface area contributed by atoms with E-state index in [1.807, 2.05) is 0 Å². The van der Waals surface area contributed by atoms with E-state index in [1.54, 1.807) is 21.3 Å². The second kappa shape index (κ2) is 22.8. The lowest BCUT2D eigenvalue weighted by molar-refractivity contribution is -0.198. The molecule has 12 rings (SSSR count). The molecule has 0 heterocycles. The van der Waals surface area contributed by atoms with Gasteiger partial charge in [0.1, 0.15) is 5.78 Å². The number of methoxy groups -OCH3 is 3. The molecule has 0 aromatic heterocycles. The topological polar surface area (TPSA) is 214 Å². The molecule has 0 aromatic carbocycles. The quantitative estimate of drug-likeness (QED) is 0.156. The highest BCUT2D eigenvalue weighted by Crippen LogP contribution is 2.70. The van der Waals surface area contributed by atoms with E-state index in [0.717, 1.165) is 122 Å². The van der Waals surface area contributed by atoms with E-state index >= 15 is 0 Å². The number of nitriles is 2. The van der Waals surface area contributed by atoms with Crippen molar-refractivity contribution in [1.29, 1.82) is 10.5 Å². The van der Waals surface area contributed by atoms with Gasteiger partial charge in [-0.1, -0.05) is 63.8 Å². The predicted molar refractivity (Wildman–Crippen MR) is 299 cm³/mol. The van der Waals surface area contributed by atoms with Crippen molar-refractivity contribution in [3.05, 3.63) is 0 Å². The van der Waals surface area contributed by atoms with Crippen molar-refractivity contribution in [3.8, 4) is 12.1 Å². The van der Waals surface area contributed by atoms with Gasteiger partial charge in [-0.25, -0.2) is 0 Å². The number of rotatable bonds is 3. The van der Waals surface area contributed by atoms with Crippen LogP contribution in [0.1, 0.15) is 199 Å². The fraction of sp³-hybridized carbons (Fsp3) is 0.954. The van der Waals surface area contributed by atoms with Crippen LogP contribution in [-0.4, -0.2) is 113 Å². The van der Waals surface area contributed by atoms with E-state index in [2.05, 4.69) is 53.7 Å². The average molecular weight is 1080 g/mol. The van der Waals surface area contributed by atoms with Gasteiger partial charge in [-0.3, -0.25) is 4.79 Å². The van der Waals surface area contributed by atoms with Crippen LogP contribution in [0.25, 0.3) is 0 Å². The van der Waals surface area contributed by atoms with Gasteiger partial charge in [0.15, 0.2) is 0 Å². The number of carbonyl (C=O) groups excluding carboxylic acids is 1. The van der Waals surface area contributed by atoms with Crippen LogP contribution in [0.5, 0.6) is 0 Å². The molecule has 6 N–H and O–H groups in total. The van der Waals surface area contributed by atoms with Crippen LogP contribution in [0, 0.1) is 138 Å². The molecule has 0 bridgehead atoms. The Labute approximate surface area is 466 Å². The lowest BCUT2D eigenvalue weighted by Crippen LogP contribution is -2.61. The zero-order valence-electron chi connectivity index (χ0n) is 46.8. The third-order valence-corrected chi connectivity index (χ3v) is 26.7. The Balaban J connectivity index is 0.000000165. The molecule has 0 radical (unpaired) electrons. The van der Waals surface area contributed by atoms with Gasteiger partial charge in [0, 0.05) is 33.2 Å². The van der Waals surface area contributed by atoms with Gasteiger partial charge in [-0.2, -0.15) is 10.5 Å². The molecule has 0 spiro atoms. The Morgan fingerprint density at radius 1 is 0.416 bits per heavy atom. The van der Waals surface area contributed by atoms with E-state index in [-0.39, 0.29) is 133 Å². The van der Waals surface area contributed by atoms with Crippen LogP contribution in [-0.2, 0) is 19.0 Å². The van der Waals surface area contributed by atoms with Gasteiger partial charge < -0.3 is 44.8 Å². The lowest BCUT2D eigenvalue weighted by atomic mass is 9.43. The largest absolute Gasteiger partial charge is 0.393 e. The molecule has 0 aromatic rings. The Morgan fingerprint density at radius 2 is 0.740 bits per heavy atom. The van der Waals surface area contributed by atoms with Crippen LogP contribution >= 0.6 is 0 Å². The third kappa shape index (κ3) is 9.68. The van der Waals surface area contributed by atoms with Gasteiger partial charge >= 0.3 is 0 Å². The van der Waals surface area contributed by atoms with E-state index in [1.165, 1.54) is 0 Å². The van der Waals surface area contributed by atoms with Crippen molar-refractivity contribution < 1.29 is 49.6 Å². The first-order valence-corrected chi connectivity index (χ1v) is 30.0. The van der Waals surface area contributed by atoms with Gasteiger partial charge in [0.25, 0.3) is 0 Å². The highest BCUT2D eigenvalue weighted by Gasteiger charge is 2.67. The third-order valence-electron chi connectivity index (χ3n) is 26.7. The van der Waals surface area contributed by atoms with Crippen molar-refractivity contribution in [2.45, 2.75) is 254 Å². The maximum atomic E-state index is 12.5.